The van der Waals surface area contributed by atoms with Gasteiger partial charge in [-0.1, -0.05) is 49.7 Å². The van der Waals surface area contributed by atoms with Crippen molar-refractivity contribution >= 4 is 22.6 Å². The van der Waals surface area contributed by atoms with Crippen molar-refractivity contribution in [2.45, 2.75) is 45.7 Å². The second-order valence-electron chi connectivity index (χ2n) is 9.96. The molecule has 0 unspecified atom stereocenters. The van der Waals surface area contributed by atoms with Crippen LogP contribution in [0.2, 0.25) is 0 Å². The molecule has 3 aromatic carbocycles. The van der Waals surface area contributed by atoms with Gasteiger partial charge in [0.05, 0.1) is 30.6 Å². The number of nitrogens with zero attached hydrogens (tertiary/aromatic N) is 3. The molecule has 1 aliphatic rings. The second kappa shape index (κ2) is 11.6. The van der Waals surface area contributed by atoms with E-state index in [1.807, 2.05) is 30.3 Å². The minimum atomic E-state index is -0.0246. The van der Waals surface area contributed by atoms with Crippen LogP contribution in [0.5, 0.6) is 5.75 Å². The van der Waals surface area contributed by atoms with Crippen LogP contribution in [0.4, 0.5) is 5.69 Å². The quantitative estimate of drug-likeness (QED) is 0.314. The molecule has 0 aliphatic carbocycles. The molecule has 6 nitrogen and oxygen atoms in total. The van der Waals surface area contributed by atoms with Crippen molar-refractivity contribution in [3.05, 3.63) is 89.7 Å². The monoisotopic (exact) mass is 496 g/mol. The van der Waals surface area contributed by atoms with Crippen LogP contribution < -0.4 is 10.1 Å². The summed E-state index contributed by atoms with van der Waals surface area (Å²) in [5, 5.41) is 3.14. The second-order valence-corrected chi connectivity index (χ2v) is 9.96. The maximum Gasteiger partial charge on any atom is 0.228 e. The Morgan fingerprint density at radius 2 is 1.76 bits per heavy atom. The summed E-state index contributed by atoms with van der Waals surface area (Å²) >= 11 is 0. The maximum atomic E-state index is 13.1. The lowest BCUT2D eigenvalue weighted by molar-refractivity contribution is -0.121. The van der Waals surface area contributed by atoms with Crippen LogP contribution in [0.3, 0.4) is 0 Å². The lowest BCUT2D eigenvalue weighted by atomic mass is 9.97. The number of rotatable bonds is 9. The number of carbonyl (C=O) groups is 1. The number of para-hydroxylation sites is 2. The number of hydrogen-bond donors (Lipinski definition) is 1. The van der Waals surface area contributed by atoms with E-state index in [1.165, 1.54) is 11.1 Å². The van der Waals surface area contributed by atoms with Gasteiger partial charge in [0.2, 0.25) is 5.91 Å². The SMILES string of the molecule is CCCc1ccc(NC(=O)[C@@H]2CCCN(Cc3nc4ccccc4n3Cc3ccc(OC)cc3)C2)cc1. The molecule has 1 saturated heterocycles. The van der Waals surface area contributed by atoms with E-state index in [4.69, 9.17) is 9.72 Å². The molecule has 1 amide bonds. The molecule has 5 rings (SSSR count). The third-order valence-corrected chi connectivity index (χ3v) is 7.23. The highest BCUT2D eigenvalue weighted by atomic mass is 16.5. The molecule has 6 heteroatoms. The normalized spacial score (nSPS) is 16.1. The van der Waals surface area contributed by atoms with Gasteiger partial charge in [0, 0.05) is 18.8 Å². The van der Waals surface area contributed by atoms with Crippen LogP contribution in [0, 0.1) is 5.92 Å². The zero-order chi connectivity index (χ0) is 25.6. The standard InChI is InChI=1S/C31H36N4O2/c1-3-7-23-11-15-26(16-12-23)32-31(36)25-8-6-19-34(21-25)22-30-33-28-9-4-5-10-29(28)35(30)20-24-13-17-27(37-2)18-14-24/h4-5,9-18,25H,3,6-8,19-22H2,1-2H3,(H,32,36)/t25-/m1/s1. The fourth-order valence-corrected chi connectivity index (χ4v) is 5.24. The van der Waals surface area contributed by atoms with Gasteiger partial charge in [-0.15, -0.1) is 0 Å². The number of benzene rings is 3. The lowest BCUT2D eigenvalue weighted by Gasteiger charge is -2.31. The smallest absolute Gasteiger partial charge is 0.228 e. The molecule has 192 valence electrons. The van der Waals surface area contributed by atoms with Crippen LogP contribution in [0.1, 0.15) is 43.1 Å². The molecule has 0 radical (unpaired) electrons. The number of piperidine rings is 1. The van der Waals surface area contributed by atoms with Crippen molar-refractivity contribution in [3.8, 4) is 5.75 Å². The Kier molecular flexibility index (Phi) is 7.85. The minimum Gasteiger partial charge on any atom is -0.497 e. The number of likely N-dealkylation sites (tertiary alicyclic amines) is 1. The van der Waals surface area contributed by atoms with E-state index in [0.717, 1.165) is 80.2 Å². The molecule has 0 spiro atoms. The van der Waals surface area contributed by atoms with Crippen molar-refractivity contribution in [2.24, 2.45) is 5.92 Å². The van der Waals surface area contributed by atoms with Gasteiger partial charge in [-0.3, -0.25) is 9.69 Å². The number of aromatic nitrogens is 2. The van der Waals surface area contributed by atoms with E-state index in [1.54, 1.807) is 7.11 Å². The largest absolute Gasteiger partial charge is 0.497 e. The van der Waals surface area contributed by atoms with E-state index < -0.39 is 0 Å². The Morgan fingerprint density at radius 3 is 2.51 bits per heavy atom. The summed E-state index contributed by atoms with van der Waals surface area (Å²) in [6, 6.07) is 24.8. The van der Waals surface area contributed by atoms with Crippen molar-refractivity contribution in [1.29, 1.82) is 0 Å². The summed E-state index contributed by atoms with van der Waals surface area (Å²) in [5.41, 5.74) is 5.52. The molecule has 1 N–H and O–H groups in total. The molecular weight excluding hydrogens is 460 g/mol. The Labute approximate surface area is 219 Å². The van der Waals surface area contributed by atoms with Gasteiger partial charge in [-0.05, 0) is 73.3 Å². The van der Waals surface area contributed by atoms with Crippen LogP contribution in [-0.2, 0) is 24.3 Å². The van der Waals surface area contributed by atoms with E-state index in [-0.39, 0.29) is 11.8 Å². The topological polar surface area (TPSA) is 59.4 Å². The number of aryl methyl sites for hydroxylation is 1. The number of methoxy groups -OCH3 is 1. The molecule has 0 saturated carbocycles. The Bertz CT molecular complexity index is 1330. The zero-order valence-corrected chi connectivity index (χ0v) is 21.8. The molecule has 2 heterocycles. The lowest BCUT2D eigenvalue weighted by Crippen LogP contribution is -2.40. The average Bonchev–Trinajstić information content (AvgIpc) is 3.27. The highest BCUT2D eigenvalue weighted by molar-refractivity contribution is 5.92. The number of fused-ring (bicyclic) bond motifs is 1. The highest BCUT2D eigenvalue weighted by Crippen LogP contribution is 2.24. The first kappa shape index (κ1) is 25.0. The fourth-order valence-electron chi connectivity index (χ4n) is 5.24. The first-order valence-corrected chi connectivity index (χ1v) is 13.3. The summed E-state index contributed by atoms with van der Waals surface area (Å²) < 4.78 is 7.63. The van der Waals surface area contributed by atoms with Crippen LogP contribution in [0.25, 0.3) is 11.0 Å². The van der Waals surface area contributed by atoms with E-state index in [2.05, 4.69) is 64.2 Å². The zero-order valence-electron chi connectivity index (χ0n) is 21.8. The molecule has 0 bridgehead atoms. The van der Waals surface area contributed by atoms with Crippen LogP contribution in [0.15, 0.2) is 72.8 Å². The maximum absolute atomic E-state index is 13.1. The number of imidazole rings is 1. The molecule has 1 aromatic heterocycles. The predicted octanol–water partition coefficient (Wildman–Crippen LogP) is 5.90. The molecule has 1 aliphatic heterocycles. The molecule has 1 atom stereocenters. The molecular formula is C31H36N4O2. The van der Waals surface area contributed by atoms with Gasteiger partial charge in [0.15, 0.2) is 0 Å². The van der Waals surface area contributed by atoms with Gasteiger partial charge in [0.25, 0.3) is 0 Å². The first-order chi connectivity index (χ1) is 18.1. The fraction of sp³-hybridized carbons (Fsp3) is 0.355. The van der Waals surface area contributed by atoms with Gasteiger partial charge in [-0.2, -0.15) is 0 Å². The van der Waals surface area contributed by atoms with E-state index in [9.17, 15) is 4.79 Å². The van der Waals surface area contributed by atoms with Gasteiger partial charge < -0.3 is 14.6 Å². The van der Waals surface area contributed by atoms with Gasteiger partial charge in [0.1, 0.15) is 11.6 Å². The summed E-state index contributed by atoms with van der Waals surface area (Å²) in [4.78, 5) is 20.5. The van der Waals surface area contributed by atoms with E-state index in [0.29, 0.717) is 0 Å². The van der Waals surface area contributed by atoms with E-state index >= 15 is 0 Å². The summed E-state index contributed by atoms with van der Waals surface area (Å²) in [6.07, 6.45) is 4.11. The number of anilines is 1. The minimum absolute atomic E-state index is 0.0246. The van der Waals surface area contributed by atoms with Crippen molar-refractivity contribution in [1.82, 2.24) is 14.5 Å². The summed E-state index contributed by atoms with van der Waals surface area (Å²) in [7, 11) is 1.69. The van der Waals surface area contributed by atoms with Gasteiger partial charge in [-0.25, -0.2) is 4.98 Å². The van der Waals surface area contributed by atoms with Crippen molar-refractivity contribution in [3.63, 3.8) is 0 Å². The van der Waals surface area contributed by atoms with Crippen molar-refractivity contribution in [2.75, 3.05) is 25.5 Å². The number of ether oxygens (including phenoxy) is 1. The number of nitrogens with one attached hydrogen (secondary N) is 1. The Morgan fingerprint density at radius 1 is 1.00 bits per heavy atom. The summed E-state index contributed by atoms with van der Waals surface area (Å²) in [6.45, 7) is 5.36. The first-order valence-electron chi connectivity index (χ1n) is 13.3. The highest BCUT2D eigenvalue weighted by Gasteiger charge is 2.27. The average molecular weight is 497 g/mol. The van der Waals surface area contributed by atoms with Crippen molar-refractivity contribution < 1.29 is 9.53 Å². The van der Waals surface area contributed by atoms with Crippen LogP contribution >= 0.6 is 0 Å². The molecule has 37 heavy (non-hydrogen) atoms. The molecule has 4 aromatic rings. The van der Waals surface area contributed by atoms with Crippen LogP contribution in [-0.4, -0.2) is 40.6 Å². The number of hydrogen-bond acceptors (Lipinski definition) is 4. The Balaban J connectivity index is 1.29. The predicted molar refractivity (Wildman–Crippen MR) is 149 cm³/mol. The summed E-state index contributed by atoms with van der Waals surface area (Å²) in [5.74, 6) is 1.97. The third kappa shape index (κ3) is 6.03. The van der Waals surface area contributed by atoms with Gasteiger partial charge >= 0.3 is 0 Å². The number of amides is 1. The number of carbonyl (C=O) groups excluding carboxylic acids is 1. The molecule has 1 fully saturated rings. The third-order valence-electron chi connectivity index (χ3n) is 7.23. The Hall–Kier alpha value is -3.64.